The smallest absolute Gasteiger partial charge is 0.362 e. The number of rotatable bonds is 46. The molecule has 0 aliphatic rings. The molecule has 0 aliphatic carbocycles. The lowest BCUT2D eigenvalue weighted by Gasteiger charge is -2.31. The van der Waals surface area contributed by atoms with Crippen molar-refractivity contribution in [3.8, 4) is 0 Å². The number of likely N-dealkylation sites (N-methyl/N-ethyl adjacent to an activating group) is 1. The highest BCUT2D eigenvalue weighted by Crippen LogP contribution is 2.14. The van der Waals surface area contributed by atoms with Gasteiger partial charge < -0.3 is 23.8 Å². The molecule has 67 heavy (non-hydrogen) atoms. The summed E-state index contributed by atoms with van der Waals surface area (Å²) in [6.45, 7) is 4.54. The Hall–Kier alpha value is -4.01. The lowest BCUT2D eigenvalue weighted by molar-refractivity contribution is -0.887. The van der Waals surface area contributed by atoms with Crippen LogP contribution in [0, 0.1) is 0 Å². The highest BCUT2D eigenvalue weighted by Gasteiger charge is 2.31. The Morgan fingerprint density at radius 3 is 1.27 bits per heavy atom. The SMILES string of the molecule is CC/C=C/C/C=C/C/C=C/C/C=C/CCCCCCCCCCCC(=O)OC(COCCC(C(=O)O)[N+](C)(C)C)COC(=O)CCCC/C=C/C/C=C/C/C=C/C/C=C/C/C=C/CCCCC. The molecular weight excluding hydrogens is 835 g/mol. The predicted octanol–water partition coefficient (Wildman–Crippen LogP) is 15.6. The van der Waals surface area contributed by atoms with Gasteiger partial charge in [-0.25, -0.2) is 4.79 Å². The molecule has 0 aromatic rings. The van der Waals surface area contributed by atoms with Crippen molar-refractivity contribution in [2.45, 2.75) is 206 Å². The molecule has 2 unspecified atom stereocenters. The van der Waals surface area contributed by atoms with Gasteiger partial charge in [-0.15, -0.1) is 0 Å². The largest absolute Gasteiger partial charge is 0.477 e. The topological polar surface area (TPSA) is 99.1 Å². The second-order valence-corrected chi connectivity index (χ2v) is 18.4. The molecule has 0 saturated carbocycles. The molecule has 0 aliphatic heterocycles. The predicted molar refractivity (Wildman–Crippen MR) is 284 cm³/mol. The lowest BCUT2D eigenvalue weighted by Crippen LogP contribution is -2.50. The second-order valence-electron chi connectivity index (χ2n) is 18.4. The maximum absolute atomic E-state index is 12.8. The van der Waals surface area contributed by atoms with E-state index in [0.717, 1.165) is 89.9 Å². The van der Waals surface area contributed by atoms with E-state index in [9.17, 15) is 19.5 Å². The molecule has 0 radical (unpaired) electrons. The van der Waals surface area contributed by atoms with E-state index in [1.54, 1.807) is 0 Å². The molecule has 0 rings (SSSR count). The first-order valence-corrected chi connectivity index (χ1v) is 26.4. The quantitative estimate of drug-likeness (QED) is 0.0281. The van der Waals surface area contributed by atoms with Crippen LogP contribution in [0.25, 0.3) is 0 Å². The number of esters is 2. The number of allylic oxidation sites excluding steroid dienone is 18. The molecule has 380 valence electrons. The monoisotopic (exact) mass is 933 g/mol. The van der Waals surface area contributed by atoms with Gasteiger partial charge in [0.1, 0.15) is 6.61 Å². The third kappa shape index (κ3) is 46.9. The Morgan fingerprint density at radius 1 is 0.463 bits per heavy atom. The Labute approximate surface area is 410 Å². The zero-order chi connectivity index (χ0) is 49.2. The summed E-state index contributed by atoms with van der Waals surface area (Å²) in [4.78, 5) is 37.2. The lowest BCUT2D eigenvalue weighted by atomic mass is 10.1. The standard InChI is InChI=1S/C59H97NO7/c1-6-8-10-12-14-16-18-20-22-24-26-28-30-32-34-36-38-40-42-44-46-48-50-58(62)67-55(53-65-52-51-56(59(63)64)60(3,4)5)54-66-57(61)49-47-45-43-41-39-37-35-33-31-29-27-25-23-21-19-17-15-13-11-9-7-2/h8,10,14-17,20-23,26-29,33,35,39,41,55-56H,6-7,9,11-13,18-19,24-25,30-32,34,36-38,40,42-54H2,1-5H3/p+1/b10-8+,16-14+,17-15+,22-20+,23-21+,28-26+,29-27+,35-33+,41-39+. The van der Waals surface area contributed by atoms with Crippen LogP contribution in [-0.2, 0) is 28.6 Å². The van der Waals surface area contributed by atoms with Gasteiger partial charge in [0.2, 0.25) is 0 Å². The van der Waals surface area contributed by atoms with Crippen molar-refractivity contribution >= 4 is 17.9 Å². The molecule has 0 spiro atoms. The normalized spacial score (nSPS) is 13.7. The van der Waals surface area contributed by atoms with Gasteiger partial charge in [0.25, 0.3) is 0 Å². The first-order valence-electron chi connectivity index (χ1n) is 26.4. The summed E-state index contributed by atoms with van der Waals surface area (Å²) in [5, 5.41) is 9.66. The molecule has 0 heterocycles. The number of carboxylic acid groups (broad SMARTS) is 1. The maximum Gasteiger partial charge on any atom is 0.362 e. The van der Waals surface area contributed by atoms with E-state index >= 15 is 0 Å². The molecule has 0 amide bonds. The summed E-state index contributed by atoms with van der Waals surface area (Å²) in [5.41, 5.74) is 0. The van der Waals surface area contributed by atoms with E-state index < -0.39 is 18.1 Å². The molecule has 0 aromatic heterocycles. The van der Waals surface area contributed by atoms with Crippen LogP contribution in [-0.4, -0.2) is 80.6 Å². The third-order valence-electron chi connectivity index (χ3n) is 11.2. The number of hydrogen-bond acceptors (Lipinski definition) is 6. The number of aliphatic carboxylic acids is 1. The van der Waals surface area contributed by atoms with Crippen molar-refractivity contribution in [2.24, 2.45) is 0 Å². The molecule has 0 bridgehead atoms. The highest BCUT2D eigenvalue weighted by molar-refractivity contribution is 5.72. The van der Waals surface area contributed by atoms with E-state index in [1.807, 2.05) is 21.1 Å². The number of quaternary nitrogens is 1. The van der Waals surface area contributed by atoms with Gasteiger partial charge in [-0.05, 0) is 103 Å². The van der Waals surface area contributed by atoms with Gasteiger partial charge in [0.15, 0.2) is 12.1 Å². The summed E-state index contributed by atoms with van der Waals surface area (Å²) >= 11 is 0. The summed E-state index contributed by atoms with van der Waals surface area (Å²) in [5.74, 6) is -1.54. The minimum atomic E-state index is -0.886. The van der Waals surface area contributed by atoms with Gasteiger partial charge in [0, 0.05) is 19.3 Å². The van der Waals surface area contributed by atoms with Crippen LogP contribution in [0.2, 0.25) is 0 Å². The van der Waals surface area contributed by atoms with Gasteiger partial charge >= 0.3 is 17.9 Å². The van der Waals surface area contributed by atoms with E-state index in [2.05, 4.69) is 123 Å². The van der Waals surface area contributed by atoms with Crippen LogP contribution < -0.4 is 0 Å². The van der Waals surface area contributed by atoms with E-state index in [-0.39, 0.29) is 36.2 Å². The summed E-state index contributed by atoms with van der Waals surface area (Å²) in [6.07, 6.45) is 67.1. The molecule has 2 atom stereocenters. The van der Waals surface area contributed by atoms with Gasteiger partial charge in [0.05, 0.1) is 34.4 Å². The Kier molecular flexibility index (Phi) is 45.5. The zero-order valence-corrected chi connectivity index (χ0v) is 43.3. The fraction of sp³-hybridized carbons (Fsp3) is 0.644. The molecule has 1 N–H and O–H groups in total. The van der Waals surface area contributed by atoms with Crippen LogP contribution in [0.3, 0.4) is 0 Å². The molecule has 8 heteroatoms. The molecule has 0 saturated heterocycles. The number of ether oxygens (including phenoxy) is 3. The molecule has 8 nitrogen and oxygen atoms in total. The summed E-state index contributed by atoms with van der Waals surface area (Å²) in [6, 6.07) is -0.630. The average molecular weight is 933 g/mol. The van der Waals surface area contributed by atoms with Crippen LogP contribution in [0.15, 0.2) is 109 Å². The van der Waals surface area contributed by atoms with E-state index in [1.165, 1.54) is 64.2 Å². The summed E-state index contributed by atoms with van der Waals surface area (Å²) in [7, 11) is 5.51. The van der Waals surface area contributed by atoms with Gasteiger partial charge in [-0.3, -0.25) is 9.59 Å². The Morgan fingerprint density at radius 2 is 0.836 bits per heavy atom. The summed E-state index contributed by atoms with van der Waals surface area (Å²) < 4.78 is 17.3. The number of unbranched alkanes of at least 4 members (excludes halogenated alkanes) is 14. The minimum Gasteiger partial charge on any atom is -0.477 e. The van der Waals surface area contributed by atoms with Crippen molar-refractivity contribution in [1.82, 2.24) is 0 Å². The third-order valence-corrected chi connectivity index (χ3v) is 11.2. The van der Waals surface area contributed by atoms with Crippen molar-refractivity contribution in [3.63, 3.8) is 0 Å². The number of hydrogen-bond donors (Lipinski definition) is 1. The first-order chi connectivity index (χ1) is 32.6. The van der Waals surface area contributed by atoms with Gasteiger partial charge in [-0.2, -0.15) is 0 Å². The van der Waals surface area contributed by atoms with Crippen LogP contribution in [0.5, 0.6) is 0 Å². The molecule has 0 aromatic carbocycles. The maximum atomic E-state index is 12.8. The highest BCUT2D eigenvalue weighted by atomic mass is 16.6. The molecular formula is C59H98NO7+. The van der Waals surface area contributed by atoms with Crippen molar-refractivity contribution in [2.75, 3.05) is 41.0 Å². The van der Waals surface area contributed by atoms with E-state index in [0.29, 0.717) is 25.7 Å². The number of nitrogens with zero attached hydrogens (tertiary/aromatic N) is 1. The van der Waals surface area contributed by atoms with Crippen molar-refractivity contribution in [1.29, 1.82) is 0 Å². The minimum absolute atomic E-state index is 0.0379. The van der Waals surface area contributed by atoms with Crippen LogP contribution in [0.4, 0.5) is 0 Å². The number of carboxylic acids is 1. The number of carbonyl (C=O) groups excluding carboxylic acids is 2. The van der Waals surface area contributed by atoms with E-state index in [4.69, 9.17) is 14.2 Å². The fourth-order valence-electron chi connectivity index (χ4n) is 7.10. The fourth-order valence-corrected chi connectivity index (χ4v) is 7.10. The van der Waals surface area contributed by atoms with Crippen LogP contribution in [0.1, 0.15) is 194 Å². The first kappa shape index (κ1) is 63.0. The van der Waals surface area contributed by atoms with Crippen molar-refractivity contribution < 1.29 is 38.2 Å². The zero-order valence-electron chi connectivity index (χ0n) is 43.3. The van der Waals surface area contributed by atoms with Crippen LogP contribution >= 0.6 is 0 Å². The Balaban J connectivity index is 4.35. The Bertz CT molecular complexity index is 1460. The number of carbonyl (C=O) groups is 3. The molecule has 0 fully saturated rings. The van der Waals surface area contributed by atoms with Gasteiger partial charge in [-0.1, -0.05) is 181 Å². The van der Waals surface area contributed by atoms with Crippen molar-refractivity contribution in [3.05, 3.63) is 109 Å². The second kappa shape index (κ2) is 48.4. The average Bonchev–Trinajstić information content (AvgIpc) is 3.29.